The molecule has 2 rings (SSSR count). The molecule has 0 fully saturated rings. The number of nitrogens with one attached hydrogen (secondary N) is 1. The molecule has 0 saturated heterocycles. The molecule has 0 aliphatic rings. The third-order valence-corrected chi connectivity index (χ3v) is 3.21. The summed E-state index contributed by atoms with van der Waals surface area (Å²) in [6.45, 7) is 1.87. The van der Waals surface area contributed by atoms with Crippen LogP contribution in [-0.2, 0) is 0 Å². The van der Waals surface area contributed by atoms with Crippen LogP contribution in [0.15, 0.2) is 36.4 Å². The van der Waals surface area contributed by atoms with Crippen LogP contribution in [0, 0.1) is 10.1 Å². The highest BCUT2D eigenvalue weighted by Gasteiger charge is 2.19. The first kappa shape index (κ1) is 15.1. The SMILES string of the molecule is COc1ccccc1C(C)Nc1nc(Cl)ccc1[N+](=O)[O-]. The van der Waals surface area contributed by atoms with Gasteiger partial charge in [-0.3, -0.25) is 10.1 Å². The predicted molar refractivity (Wildman–Crippen MR) is 80.9 cm³/mol. The number of aromatic nitrogens is 1. The van der Waals surface area contributed by atoms with Gasteiger partial charge in [-0.05, 0) is 19.1 Å². The molecule has 0 saturated carbocycles. The number of ether oxygens (including phenoxy) is 1. The molecule has 110 valence electrons. The minimum Gasteiger partial charge on any atom is -0.496 e. The zero-order chi connectivity index (χ0) is 15.4. The van der Waals surface area contributed by atoms with E-state index in [1.165, 1.54) is 12.1 Å². The highest BCUT2D eigenvalue weighted by atomic mass is 35.5. The zero-order valence-corrected chi connectivity index (χ0v) is 12.3. The summed E-state index contributed by atoms with van der Waals surface area (Å²) in [5.74, 6) is 0.827. The highest BCUT2D eigenvalue weighted by Crippen LogP contribution is 2.31. The van der Waals surface area contributed by atoms with Gasteiger partial charge in [0.15, 0.2) is 0 Å². The lowest BCUT2D eigenvalue weighted by Crippen LogP contribution is -2.11. The third-order valence-electron chi connectivity index (χ3n) is 3.00. The molecule has 7 heteroatoms. The Morgan fingerprint density at radius 2 is 2.05 bits per heavy atom. The molecule has 1 aromatic carbocycles. The number of rotatable bonds is 5. The summed E-state index contributed by atoms with van der Waals surface area (Å²) in [5, 5.41) is 14.2. The van der Waals surface area contributed by atoms with Crippen LogP contribution in [0.1, 0.15) is 18.5 Å². The van der Waals surface area contributed by atoms with Crippen molar-refractivity contribution >= 4 is 23.1 Å². The summed E-state index contributed by atoms with van der Waals surface area (Å²) < 4.78 is 5.29. The first-order valence-electron chi connectivity index (χ1n) is 6.23. The first-order chi connectivity index (χ1) is 10.0. The number of benzene rings is 1. The first-order valence-corrected chi connectivity index (χ1v) is 6.61. The Kier molecular flexibility index (Phi) is 4.59. The topological polar surface area (TPSA) is 77.3 Å². The quantitative estimate of drug-likeness (QED) is 0.516. The Bertz CT molecular complexity index is 664. The van der Waals surface area contributed by atoms with Crippen molar-refractivity contribution in [3.8, 4) is 5.75 Å². The molecule has 1 N–H and O–H groups in total. The molecule has 0 aliphatic carbocycles. The van der Waals surface area contributed by atoms with Gasteiger partial charge in [-0.2, -0.15) is 0 Å². The molecule has 0 bridgehead atoms. The second kappa shape index (κ2) is 6.41. The van der Waals surface area contributed by atoms with Gasteiger partial charge in [0.25, 0.3) is 0 Å². The maximum Gasteiger partial charge on any atom is 0.311 e. The van der Waals surface area contributed by atoms with Crippen LogP contribution in [0.5, 0.6) is 5.75 Å². The number of anilines is 1. The van der Waals surface area contributed by atoms with Crippen molar-refractivity contribution < 1.29 is 9.66 Å². The highest BCUT2D eigenvalue weighted by molar-refractivity contribution is 6.29. The predicted octanol–water partition coefficient (Wildman–Crippen LogP) is 3.82. The number of methoxy groups -OCH3 is 1. The Hall–Kier alpha value is -2.34. The number of hydrogen-bond donors (Lipinski definition) is 1. The van der Waals surface area contributed by atoms with E-state index < -0.39 is 4.92 Å². The summed E-state index contributed by atoms with van der Waals surface area (Å²) in [6.07, 6.45) is 0. The maximum atomic E-state index is 11.0. The van der Waals surface area contributed by atoms with E-state index in [4.69, 9.17) is 16.3 Å². The normalized spacial score (nSPS) is 11.8. The van der Waals surface area contributed by atoms with E-state index in [0.29, 0.717) is 5.75 Å². The molecule has 1 unspecified atom stereocenters. The van der Waals surface area contributed by atoms with E-state index in [9.17, 15) is 10.1 Å². The van der Waals surface area contributed by atoms with E-state index in [1.54, 1.807) is 7.11 Å². The van der Waals surface area contributed by atoms with E-state index in [0.717, 1.165) is 5.56 Å². The Balaban J connectivity index is 2.33. The average Bonchev–Trinajstić information content (AvgIpc) is 2.46. The van der Waals surface area contributed by atoms with E-state index >= 15 is 0 Å². The van der Waals surface area contributed by atoms with Crippen LogP contribution < -0.4 is 10.1 Å². The van der Waals surface area contributed by atoms with Crippen LogP contribution >= 0.6 is 11.6 Å². The summed E-state index contributed by atoms with van der Waals surface area (Å²) >= 11 is 5.81. The van der Waals surface area contributed by atoms with E-state index in [2.05, 4.69) is 10.3 Å². The molecule has 0 amide bonds. The number of hydrogen-bond acceptors (Lipinski definition) is 5. The van der Waals surface area contributed by atoms with Crippen molar-refractivity contribution in [1.29, 1.82) is 0 Å². The van der Waals surface area contributed by atoms with Crippen LogP contribution in [0.2, 0.25) is 5.15 Å². The molecule has 0 aliphatic heterocycles. The average molecular weight is 308 g/mol. The molecule has 0 spiro atoms. The van der Waals surface area contributed by atoms with Crippen molar-refractivity contribution in [2.45, 2.75) is 13.0 Å². The Morgan fingerprint density at radius 1 is 1.33 bits per heavy atom. The molecular formula is C14H14ClN3O3. The molecule has 1 atom stereocenters. The minimum absolute atomic E-state index is 0.124. The van der Waals surface area contributed by atoms with Crippen LogP contribution in [-0.4, -0.2) is 17.0 Å². The van der Waals surface area contributed by atoms with Crippen LogP contribution in [0.25, 0.3) is 0 Å². The van der Waals surface area contributed by atoms with Gasteiger partial charge in [0.2, 0.25) is 5.82 Å². The van der Waals surface area contributed by atoms with Crippen molar-refractivity contribution in [1.82, 2.24) is 4.98 Å². The van der Waals surface area contributed by atoms with Crippen molar-refractivity contribution in [3.05, 3.63) is 57.2 Å². The third kappa shape index (κ3) is 3.41. The molecular weight excluding hydrogens is 294 g/mol. The zero-order valence-electron chi connectivity index (χ0n) is 11.5. The van der Waals surface area contributed by atoms with Gasteiger partial charge in [-0.15, -0.1) is 0 Å². The lowest BCUT2D eigenvalue weighted by Gasteiger charge is -2.17. The van der Waals surface area contributed by atoms with Crippen molar-refractivity contribution in [2.24, 2.45) is 0 Å². The lowest BCUT2D eigenvalue weighted by molar-refractivity contribution is -0.384. The Labute approximate surface area is 126 Å². The van der Waals surface area contributed by atoms with Gasteiger partial charge in [-0.25, -0.2) is 4.98 Å². The molecule has 6 nitrogen and oxygen atoms in total. The number of halogens is 1. The largest absolute Gasteiger partial charge is 0.496 e. The maximum absolute atomic E-state index is 11.0. The second-order valence-corrected chi connectivity index (χ2v) is 4.75. The summed E-state index contributed by atoms with van der Waals surface area (Å²) in [5.41, 5.74) is 0.747. The van der Waals surface area contributed by atoms with Gasteiger partial charge in [0.05, 0.1) is 18.1 Å². The van der Waals surface area contributed by atoms with E-state index in [-0.39, 0.29) is 22.7 Å². The minimum atomic E-state index is -0.499. The number of nitrogens with zero attached hydrogens (tertiary/aromatic N) is 2. The van der Waals surface area contributed by atoms with Gasteiger partial charge >= 0.3 is 5.69 Å². The van der Waals surface area contributed by atoms with Gasteiger partial charge in [0, 0.05) is 11.6 Å². The van der Waals surface area contributed by atoms with Crippen LogP contribution in [0.4, 0.5) is 11.5 Å². The number of pyridine rings is 1. The Morgan fingerprint density at radius 3 is 2.71 bits per heavy atom. The molecule has 0 radical (unpaired) electrons. The van der Waals surface area contributed by atoms with Crippen molar-refractivity contribution in [3.63, 3.8) is 0 Å². The monoisotopic (exact) mass is 307 g/mol. The number of nitro groups is 1. The van der Waals surface area contributed by atoms with Crippen LogP contribution in [0.3, 0.4) is 0 Å². The van der Waals surface area contributed by atoms with Gasteiger partial charge < -0.3 is 10.1 Å². The van der Waals surface area contributed by atoms with E-state index in [1.807, 2.05) is 31.2 Å². The molecule has 1 aromatic heterocycles. The fourth-order valence-electron chi connectivity index (χ4n) is 1.99. The summed E-state index contributed by atoms with van der Waals surface area (Å²) in [6, 6.07) is 9.92. The fraction of sp³-hybridized carbons (Fsp3) is 0.214. The van der Waals surface area contributed by atoms with Gasteiger partial charge in [-0.1, -0.05) is 29.8 Å². The molecule has 2 aromatic rings. The van der Waals surface area contributed by atoms with Crippen molar-refractivity contribution in [2.75, 3.05) is 12.4 Å². The summed E-state index contributed by atoms with van der Waals surface area (Å²) in [7, 11) is 1.58. The smallest absolute Gasteiger partial charge is 0.311 e. The van der Waals surface area contributed by atoms with Gasteiger partial charge in [0.1, 0.15) is 10.9 Å². The fourth-order valence-corrected chi connectivity index (χ4v) is 2.14. The standard InChI is InChI=1S/C14H14ClN3O3/c1-9(10-5-3-4-6-12(10)21-2)16-14-11(18(19)20)7-8-13(15)17-14/h3-9H,1-2H3,(H,16,17). The number of para-hydroxylation sites is 1. The molecule has 1 heterocycles. The lowest BCUT2D eigenvalue weighted by atomic mass is 10.1. The molecule has 21 heavy (non-hydrogen) atoms. The second-order valence-electron chi connectivity index (χ2n) is 4.37. The summed E-state index contributed by atoms with van der Waals surface area (Å²) in [4.78, 5) is 14.5.